The van der Waals surface area contributed by atoms with E-state index >= 15 is 0 Å². The van der Waals surface area contributed by atoms with Crippen LogP contribution in [-0.2, 0) is 6.54 Å². The lowest BCUT2D eigenvalue weighted by Gasteiger charge is -2.40. The fourth-order valence-electron chi connectivity index (χ4n) is 2.89. The molecule has 4 nitrogen and oxygen atoms in total. The number of nitrogens with zero attached hydrogens (tertiary/aromatic N) is 2. The third-order valence-corrected chi connectivity index (χ3v) is 4.57. The molecule has 0 aromatic carbocycles. The molecule has 0 unspecified atom stereocenters. The first kappa shape index (κ1) is 14.5. The van der Waals surface area contributed by atoms with Crippen molar-refractivity contribution in [2.75, 3.05) is 19.7 Å². The Bertz CT molecular complexity index is 387. The lowest BCUT2D eigenvalue weighted by molar-refractivity contribution is 0.0377. The van der Waals surface area contributed by atoms with Gasteiger partial charge in [0.15, 0.2) is 6.39 Å². The molecular weight excluding hydrogens is 240 g/mol. The smallest absolute Gasteiger partial charge is 0.181 e. The molecule has 2 rings (SSSR count). The molecule has 1 aromatic heterocycles. The van der Waals surface area contributed by atoms with Gasteiger partial charge in [0.1, 0.15) is 5.76 Å². The Balaban J connectivity index is 1.94. The lowest BCUT2D eigenvalue weighted by Crippen LogP contribution is -2.41. The minimum Gasteiger partial charge on any atom is -0.448 e. The number of likely N-dealkylation sites (tertiary alicyclic amines) is 1. The van der Waals surface area contributed by atoms with Crippen LogP contribution < -0.4 is 0 Å². The largest absolute Gasteiger partial charge is 0.448 e. The number of oxazole rings is 1. The van der Waals surface area contributed by atoms with Crippen LogP contribution in [0.1, 0.15) is 57.4 Å². The summed E-state index contributed by atoms with van der Waals surface area (Å²) >= 11 is 0. The first-order chi connectivity index (χ1) is 9.10. The Kier molecular flexibility index (Phi) is 4.63. The van der Waals surface area contributed by atoms with E-state index in [1.165, 1.54) is 0 Å². The number of aliphatic hydroxyl groups is 1. The Labute approximate surface area is 115 Å². The number of hydrogen-bond donors (Lipinski definition) is 1. The molecule has 0 radical (unpaired) electrons. The van der Waals surface area contributed by atoms with Gasteiger partial charge >= 0.3 is 0 Å². The quantitative estimate of drug-likeness (QED) is 0.890. The van der Waals surface area contributed by atoms with Crippen LogP contribution in [0, 0.1) is 5.41 Å². The molecule has 1 aliphatic heterocycles. The van der Waals surface area contributed by atoms with Crippen molar-refractivity contribution in [3.05, 3.63) is 17.8 Å². The number of aliphatic hydroxyl groups excluding tert-OH is 1. The van der Waals surface area contributed by atoms with Crippen LogP contribution in [0.15, 0.2) is 10.8 Å². The molecule has 0 bridgehead atoms. The maximum Gasteiger partial charge on any atom is 0.181 e. The molecular formula is C15H26N2O2. The highest BCUT2D eigenvalue weighted by atomic mass is 16.3. The van der Waals surface area contributed by atoms with Gasteiger partial charge in [-0.25, -0.2) is 4.98 Å². The van der Waals surface area contributed by atoms with E-state index in [0.29, 0.717) is 12.5 Å². The van der Waals surface area contributed by atoms with Crippen molar-refractivity contribution in [2.45, 2.75) is 52.5 Å². The second-order valence-corrected chi connectivity index (χ2v) is 6.11. The fraction of sp³-hybridized carbons (Fsp3) is 0.800. The normalized spacial score (nSPS) is 20.1. The van der Waals surface area contributed by atoms with Crippen LogP contribution in [0.5, 0.6) is 0 Å². The van der Waals surface area contributed by atoms with Crippen LogP contribution in [0.3, 0.4) is 0 Å². The molecule has 0 saturated carbocycles. The van der Waals surface area contributed by atoms with Crippen molar-refractivity contribution in [2.24, 2.45) is 5.41 Å². The number of piperidine rings is 1. The van der Waals surface area contributed by atoms with Gasteiger partial charge in [0.05, 0.1) is 5.69 Å². The summed E-state index contributed by atoms with van der Waals surface area (Å²) in [6.45, 7) is 9.72. The lowest BCUT2D eigenvalue weighted by atomic mass is 9.77. The Morgan fingerprint density at radius 3 is 2.63 bits per heavy atom. The fourth-order valence-corrected chi connectivity index (χ4v) is 2.89. The van der Waals surface area contributed by atoms with Crippen molar-refractivity contribution in [1.29, 1.82) is 0 Å². The van der Waals surface area contributed by atoms with Crippen LogP contribution in [0.2, 0.25) is 0 Å². The molecule has 19 heavy (non-hydrogen) atoms. The highest BCUT2D eigenvalue weighted by Gasteiger charge is 2.32. The van der Waals surface area contributed by atoms with Crippen LogP contribution >= 0.6 is 0 Å². The number of rotatable bonds is 5. The summed E-state index contributed by atoms with van der Waals surface area (Å²) in [4.78, 5) is 6.77. The number of hydrogen-bond acceptors (Lipinski definition) is 4. The molecule has 1 N–H and O–H groups in total. The van der Waals surface area contributed by atoms with E-state index in [0.717, 1.165) is 50.4 Å². The second-order valence-electron chi connectivity index (χ2n) is 6.11. The molecule has 0 atom stereocenters. The molecule has 0 aliphatic carbocycles. The summed E-state index contributed by atoms with van der Waals surface area (Å²) in [7, 11) is 0. The molecule has 1 saturated heterocycles. The minimum absolute atomic E-state index is 0.154. The van der Waals surface area contributed by atoms with Gasteiger partial charge in [-0.05, 0) is 37.8 Å². The molecule has 2 heterocycles. The van der Waals surface area contributed by atoms with Crippen molar-refractivity contribution in [1.82, 2.24) is 9.88 Å². The van der Waals surface area contributed by atoms with E-state index < -0.39 is 0 Å². The first-order valence-corrected chi connectivity index (χ1v) is 7.35. The van der Waals surface area contributed by atoms with Crippen LogP contribution in [0.4, 0.5) is 0 Å². The summed E-state index contributed by atoms with van der Waals surface area (Å²) in [6, 6.07) is 0. The average molecular weight is 266 g/mol. The van der Waals surface area contributed by atoms with Gasteiger partial charge in [-0.2, -0.15) is 0 Å². The van der Waals surface area contributed by atoms with Gasteiger partial charge in [0.2, 0.25) is 0 Å². The van der Waals surface area contributed by atoms with Crippen molar-refractivity contribution in [3.8, 4) is 0 Å². The zero-order valence-corrected chi connectivity index (χ0v) is 12.4. The molecule has 1 aliphatic rings. The topological polar surface area (TPSA) is 49.5 Å². The monoisotopic (exact) mass is 266 g/mol. The summed E-state index contributed by atoms with van der Waals surface area (Å²) in [5.41, 5.74) is 1.23. The first-order valence-electron chi connectivity index (χ1n) is 7.35. The molecule has 1 fully saturated rings. The van der Waals surface area contributed by atoms with Crippen molar-refractivity contribution >= 4 is 0 Å². The van der Waals surface area contributed by atoms with Gasteiger partial charge in [-0.3, -0.25) is 4.90 Å². The van der Waals surface area contributed by atoms with E-state index in [9.17, 15) is 5.11 Å². The Hall–Kier alpha value is -0.870. The Morgan fingerprint density at radius 2 is 2.11 bits per heavy atom. The van der Waals surface area contributed by atoms with Gasteiger partial charge in [-0.15, -0.1) is 0 Å². The second kappa shape index (κ2) is 6.06. The van der Waals surface area contributed by atoms with Gasteiger partial charge in [0, 0.05) is 19.1 Å². The SMILES string of the molecule is CCC1(CO)CCN(Cc2ncoc2C(C)C)CC1. The van der Waals surface area contributed by atoms with E-state index in [4.69, 9.17) is 4.42 Å². The molecule has 1 aromatic rings. The molecule has 4 heteroatoms. The third-order valence-electron chi connectivity index (χ3n) is 4.57. The predicted molar refractivity (Wildman–Crippen MR) is 74.9 cm³/mol. The van der Waals surface area contributed by atoms with Crippen LogP contribution in [-0.4, -0.2) is 34.7 Å². The molecule has 108 valence electrons. The zero-order chi connectivity index (χ0) is 13.9. The highest BCUT2D eigenvalue weighted by molar-refractivity contribution is 5.11. The number of aromatic nitrogens is 1. The molecule has 0 spiro atoms. The summed E-state index contributed by atoms with van der Waals surface area (Å²) < 4.78 is 5.47. The standard InChI is InChI=1S/C15H26N2O2/c1-4-15(10-18)5-7-17(8-6-15)9-13-14(12(2)3)19-11-16-13/h11-12,18H,4-10H2,1-3H3. The highest BCUT2D eigenvalue weighted by Crippen LogP contribution is 2.34. The summed E-state index contributed by atoms with van der Waals surface area (Å²) in [5, 5.41) is 9.56. The summed E-state index contributed by atoms with van der Waals surface area (Å²) in [6.07, 6.45) is 4.78. The van der Waals surface area contributed by atoms with Gasteiger partial charge in [-0.1, -0.05) is 20.8 Å². The van der Waals surface area contributed by atoms with E-state index in [-0.39, 0.29) is 5.41 Å². The van der Waals surface area contributed by atoms with Gasteiger partial charge < -0.3 is 9.52 Å². The maximum atomic E-state index is 9.56. The van der Waals surface area contributed by atoms with Crippen molar-refractivity contribution in [3.63, 3.8) is 0 Å². The average Bonchev–Trinajstić information content (AvgIpc) is 2.88. The zero-order valence-electron chi connectivity index (χ0n) is 12.4. The van der Waals surface area contributed by atoms with Gasteiger partial charge in [0.25, 0.3) is 0 Å². The maximum absolute atomic E-state index is 9.56. The van der Waals surface area contributed by atoms with Crippen LogP contribution in [0.25, 0.3) is 0 Å². The van der Waals surface area contributed by atoms with Crippen molar-refractivity contribution < 1.29 is 9.52 Å². The predicted octanol–water partition coefficient (Wildman–Crippen LogP) is 2.78. The third kappa shape index (κ3) is 3.18. The van der Waals surface area contributed by atoms with E-state index in [1.54, 1.807) is 6.39 Å². The molecule has 0 amide bonds. The minimum atomic E-state index is 0.154. The van der Waals surface area contributed by atoms with E-state index in [1.807, 2.05) is 0 Å². The Morgan fingerprint density at radius 1 is 1.42 bits per heavy atom. The summed E-state index contributed by atoms with van der Waals surface area (Å²) in [5.74, 6) is 1.39. The van der Waals surface area contributed by atoms with E-state index in [2.05, 4.69) is 30.7 Å².